The highest BCUT2D eigenvalue weighted by molar-refractivity contribution is 7.80. The molecule has 98 valence electrons. The van der Waals surface area contributed by atoms with E-state index in [1.54, 1.807) is 18.7 Å². The van der Waals surface area contributed by atoms with Gasteiger partial charge in [0.15, 0.2) is 0 Å². The van der Waals surface area contributed by atoms with E-state index >= 15 is 0 Å². The molecule has 1 amide bonds. The minimum Gasteiger partial charge on any atom is -0.392 e. The van der Waals surface area contributed by atoms with E-state index in [-0.39, 0.29) is 10.9 Å². The summed E-state index contributed by atoms with van der Waals surface area (Å²) < 4.78 is 0. The number of nitrogens with two attached hydrogens (primary N) is 1. The second-order valence-corrected chi connectivity index (χ2v) is 6.03. The molecule has 17 heavy (non-hydrogen) atoms. The summed E-state index contributed by atoms with van der Waals surface area (Å²) in [6, 6.07) is 0. The number of thiocarbonyl (C=S) groups is 1. The van der Waals surface area contributed by atoms with Crippen LogP contribution in [0.4, 0.5) is 0 Å². The molecule has 0 aromatic rings. The van der Waals surface area contributed by atoms with E-state index in [4.69, 9.17) is 18.0 Å². The van der Waals surface area contributed by atoms with Crippen molar-refractivity contribution in [1.29, 1.82) is 0 Å². The molecule has 0 saturated carbocycles. The van der Waals surface area contributed by atoms with Gasteiger partial charge in [-0.1, -0.05) is 12.2 Å². The lowest BCUT2D eigenvalue weighted by molar-refractivity contribution is -0.136. The van der Waals surface area contributed by atoms with Crippen molar-refractivity contribution in [2.24, 2.45) is 17.1 Å². The fraction of sp³-hybridized carbons (Fsp3) is 0.833. The standard InChI is InChI=1S/C12H23N3OS/c1-12(2,10(13)17)11(16)15(4)8-9-5-6-14(3)7-9/h9H,5-8H2,1-4H3,(H2,13,17). The van der Waals surface area contributed by atoms with Crippen molar-refractivity contribution in [2.45, 2.75) is 20.3 Å². The molecular weight excluding hydrogens is 234 g/mol. The Morgan fingerprint density at radius 2 is 2.18 bits per heavy atom. The molecule has 1 rings (SSSR count). The van der Waals surface area contributed by atoms with Crippen LogP contribution in [0.2, 0.25) is 0 Å². The van der Waals surface area contributed by atoms with Crippen molar-refractivity contribution < 1.29 is 4.79 Å². The topological polar surface area (TPSA) is 49.6 Å². The molecule has 1 unspecified atom stereocenters. The fourth-order valence-corrected chi connectivity index (χ4v) is 2.32. The number of rotatable bonds is 4. The Labute approximate surface area is 109 Å². The molecule has 0 aromatic heterocycles. The van der Waals surface area contributed by atoms with Crippen molar-refractivity contribution in [3.05, 3.63) is 0 Å². The first-order valence-corrected chi connectivity index (χ1v) is 6.40. The molecule has 1 atom stereocenters. The highest BCUT2D eigenvalue weighted by Crippen LogP contribution is 2.21. The maximum atomic E-state index is 12.2. The van der Waals surface area contributed by atoms with Crippen LogP contribution in [0.25, 0.3) is 0 Å². The van der Waals surface area contributed by atoms with Gasteiger partial charge in [-0.15, -0.1) is 0 Å². The van der Waals surface area contributed by atoms with Crippen molar-refractivity contribution in [2.75, 3.05) is 33.7 Å². The fourth-order valence-electron chi connectivity index (χ4n) is 2.23. The molecule has 0 aromatic carbocycles. The molecule has 1 fully saturated rings. The predicted octanol–water partition coefficient (Wildman–Crippen LogP) is 0.709. The zero-order valence-corrected chi connectivity index (χ0v) is 12.0. The second-order valence-electron chi connectivity index (χ2n) is 5.59. The van der Waals surface area contributed by atoms with Gasteiger partial charge < -0.3 is 15.5 Å². The van der Waals surface area contributed by atoms with Gasteiger partial charge in [-0.25, -0.2) is 0 Å². The van der Waals surface area contributed by atoms with E-state index in [0.29, 0.717) is 5.92 Å². The average Bonchev–Trinajstić information content (AvgIpc) is 2.62. The van der Waals surface area contributed by atoms with Crippen LogP contribution in [-0.2, 0) is 4.79 Å². The second kappa shape index (κ2) is 5.31. The maximum absolute atomic E-state index is 12.2. The van der Waals surface area contributed by atoms with Gasteiger partial charge >= 0.3 is 0 Å². The van der Waals surface area contributed by atoms with E-state index in [1.807, 2.05) is 7.05 Å². The first-order chi connectivity index (χ1) is 7.75. The van der Waals surface area contributed by atoms with Crippen LogP contribution in [0.3, 0.4) is 0 Å². The third-order valence-electron chi connectivity index (χ3n) is 3.52. The Hall–Kier alpha value is -0.680. The molecule has 0 bridgehead atoms. The summed E-state index contributed by atoms with van der Waals surface area (Å²) >= 11 is 4.95. The van der Waals surface area contributed by atoms with Gasteiger partial charge in [-0.3, -0.25) is 4.79 Å². The molecule has 5 heteroatoms. The van der Waals surface area contributed by atoms with Gasteiger partial charge in [-0.05, 0) is 39.8 Å². The summed E-state index contributed by atoms with van der Waals surface area (Å²) in [6.07, 6.45) is 1.15. The van der Waals surface area contributed by atoms with Crippen molar-refractivity contribution >= 4 is 23.1 Å². The Bertz CT molecular complexity index is 317. The minimum atomic E-state index is -0.741. The lowest BCUT2D eigenvalue weighted by atomic mass is 9.91. The summed E-state index contributed by atoms with van der Waals surface area (Å²) in [5.41, 5.74) is 4.87. The predicted molar refractivity (Wildman–Crippen MR) is 73.8 cm³/mol. The Morgan fingerprint density at radius 1 is 1.59 bits per heavy atom. The quantitative estimate of drug-likeness (QED) is 0.754. The summed E-state index contributed by atoms with van der Waals surface area (Å²) in [5.74, 6) is 0.579. The van der Waals surface area contributed by atoms with Crippen LogP contribution in [0.15, 0.2) is 0 Å². The number of likely N-dealkylation sites (tertiary alicyclic amines) is 1. The van der Waals surface area contributed by atoms with Crippen LogP contribution >= 0.6 is 12.2 Å². The van der Waals surface area contributed by atoms with Crippen molar-refractivity contribution in [3.8, 4) is 0 Å². The van der Waals surface area contributed by atoms with Gasteiger partial charge in [0.2, 0.25) is 5.91 Å². The molecule has 0 spiro atoms. The number of carbonyl (C=O) groups excluding carboxylic acids is 1. The zero-order valence-electron chi connectivity index (χ0n) is 11.2. The SMILES string of the molecule is CN1CCC(CN(C)C(=O)C(C)(C)C(N)=S)C1. The minimum absolute atomic E-state index is 0.0135. The summed E-state index contributed by atoms with van der Waals surface area (Å²) in [5, 5.41) is 0. The van der Waals surface area contributed by atoms with Crippen LogP contribution in [0, 0.1) is 11.3 Å². The summed E-state index contributed by atoms with van der Waals surface area (Å²) in [4.78, 5) is 16.5. The number of amides is 1. The molecular formula is C12H23N3OS. The molecule has 4 nitrogen and oxygen atoms in total. The van der Waals surface area contributed by atoms with Crippen LogP contribution in [-0.4, -0.2) is 54.4 Å². The molecule has 0 radical (unpaired) electrons. The molecule has 2 N–H and O–H groups in total. The number of carbonyl (C=O) groups is 1. The van der Waals surface area contributed by atoms with Crippen LogP contribution in [0.5, 0.6) is 0 Å². The Kier molecular flexibility index (Phi) is 4.49. The van der Waals surface area contributed by atoms with E-state index < -0.39 is 5.41 Å². The van der Waals surface area contributed by atoms with Crippen LogP contribution in [0.1, 0.15) is 20.3 Å². The van der Waals surface area contributed by atoms with Crippen molar-refractivity contribution in [1.82, 2.24) is 9.80 Å². The largest absolute Gasteiger partial charge is 0.392 e. The van der Waals surface area contributed by atoms with Gasteiger partial charge in [0.25, 0.3) is 0 Å². The highest BCUT2D eigenvalue weighted by atomic mass is 32.1. The lowest BCUT2D eigenvalue weighted by Gasteiger charge is -2.30. The van der Waals surface area contributed by atoms with E-state index in [0.717, 1.165) is 26.1 Å². The lowest BCUT2D eigenvalue weighted by Crippen LogP contribution is -2.47. The summed E-state index contributed by atoms with van der Waals surface area (Å²) in [7, 11) is 3.95. The van der Waals surface area contributed by atoms with Crippen LogP contribution < -0.4 is 5.73 Å². The first kappa shape index (κ1) is 14.4. The third-order valence-corrected chi connectivity index (χ3v) is 4.03. The smallest absolute Gasteiger partial charge is 0.234 e. The molecule has 1 heterocycles. The normalized spacial score (nSPS) is 21.5. The molecule has 0 aliphatic carbocycles. The number of nitrogens with zero attached hydrogens (tertiary/aromatic N) is 2. The van der Waals surface area contributed by atoms with E-state index in [9.17, 15) is 4.79 Å². The monoisotopic (exact) mass is 257 g/mol. The van der Waals surface area contributed by atoms with Gasteiger partial charge in [0.05, 0.1) is 10.4 Å². The van der Waals surface area contributed by atoms with E-state index in [1.165, 1.54) is 0 Å². The highest BCUT2D eigenvalue weighted by Gasteiger charge is 2.34. The Morgan fingerprint density at radius 3 is 2.59 bits per heavy atom. The average molecular weight is 257 g/mol. The van der Waals surface area contributed by atoms with Gasteiger partial charge in [0, 0.05) is 20.1 Å². The zero-order chi connectivity index (χ0) is 13.2. The molecule has 1 saturated heterocycles. The molecule has 1 aliphatic rings. The van der Waals surface area contributed by atoms with Gasteiger partial charge in [-0.2, -0.15) is 0 Å². The van der Waals surface area contributed by atoms with E-state index in [2.05, 4.69) is 11.9 Å². The molecule has 1 aliphatic heterocycles. The number of hydrogen-bond acceptors (Lipinski definition) is 3. The summed E-state index contributed by atoms with van der Waals surface area (Å²) in [6.45, 7) is 6.54. The third kappa shape index (κ3) is 3.39. The maximum Gasteiger partial charge on any atom is 0.234 e. The first-order valence-electron chi connectivity index (χ1n) is 5.99. The van der Waals surface area contributed by atoms with Crippen molar-refractivity contribution in [3.63, 3.8) is 0 Å². The van der Waals surface area contributed by atoms with Gasteiger partial charge in [0.1, 0.15) is 0 Å². The Balaban J connectivity index is 2.55. The number of hydrogen-bond donors (Lipinski definition) is 1.